The lowest BCUT2D eigenvalue weighted by Gasteiger charge is -2.13. The Hall–Kier alpha value is -3.79. The van der Waals surface area contributed by atoms with Gasteiger partial charge in [-0.2, -0.15) is 5.10 Å². The Morgan fingerprint density at radius 2 is 1.26 bits per heavy atom. The molecule has 0 amide bonds. The first-order valence-electron chi connectivity index (χ1n) is 10.4. The summed E-state index contributed by atoms with van der Waals surface area (Å²) in [5.74, 6) is 0. The number of para-hydroxylation sites is 1. The minimum atomic E-state index is 0.923. The summed E-state index contributed by atoms with van der Waals surface area (Å²) >= 11 is 0. The zero-order valence-electron chi connectivity index (χ0n) is 18.5. The Morgan fingerprint density at radius 1 is 0.677 bits per heavy atom. The van der Waals surface area contributed by atoms with Crippen LogP contribution in [0.4, 0.5) is 11.4 Å². The largest absolute Gasteiger partial charge is 0.378 e. The summed E-state index contributed by atoms with van der Waals surface area (Å²) < 4.78 is 2.01. The highest BCUT2D eigenvalue weighted by Gasteiger charge is 2.11. The van der Waals surface area contributed by atoms with Gasteiger partial charge >= 0.3 is 0 Å². The summed E-state index contributed by atoms with van der Waals surface area (Å²) in [6, 6.07) is 29.5. The highest BCUT2D eigenvalue weighted by atomic mass is 15.3. The Morgan fingerprint density at radius 3 is 1.84 bits per heavy atom. The van der Waals surface area contributed by atoms with Gasteiger partial charge in [0.15, 0.2) is 0 Å². The fourth-order valence-electron chi connectivity index (χ4n) is 3.45. The minimum absolute atomic E-state index is 0.923. The van der Waals surface area contributed by atoms with Gasteiger partial charge in [-0.25, -0.2) is 4.68 Å². The van der Waals surface area contributed by atoms with Crippen molar-refractivity contribution in [1.29, 1.82) is 0 Å². The van der Waals surface area contributed by atoms with E-state index >= 15 is 0 Å². The molecule has 0 aliphatic heterocycles. The molecule has 0 aliphatic carbocycles. The lowest BCUT2D eigenvalue weighted by Crippen LogP contribution is -2.08. The molecule has 0 saturated carbocycles. The molecule has 0 unspecified atom stereocenters. The van der Waals surface area contributed by atoms with Crippen LogP contribution in [0.2, 0.25) is 0 Å². The van der Waals surface area contributed by atoms with Crippen LogP contribution in [-0.2, 0) is 0 Å². The second kappa shape index (κ2) is 8.92. The van der Waals surface area contributed by atoms with E-state index in [-0.39, 0.29) is 0 Å². The third kappa shape index (κ3) is 4.69. The van der Waals surface area contributed by atoms with Crippen molar-refractivity contribution >= 4 is 23.5 Å². The van der Waals surface area contributed by atoms with Crippen LogP contribution in [0.3, 0.4) is 0 Å². The molecule has 0 atom stereocenters. The molecule has 0 spiro atoms. The fourth-order valence-corrected chi connectivity index (χ4v) is 3.45. The van der Waals surface area contributed by atoms with Gasteiger partial charge in [-0.1, -0.05) is 48.5 Å². The molecule has 0 radical (unpaired) electrons. The molecule has 0 bridgehead atoms. The van der Waals surface area contributed by atoms with E-state index in [1.165, 1.54) is 11.4 Å². The molecule has 0 fully saturated rings. The van der Waals surface area contributed by atoms with Crippen molar-refractivity contribution in [1.82, 2.24) is 9.78 Å². The minimum Gasteiger partial charge on any atom is -0.378 e. The molecule has 4 aromatic rings. The average Bonchev–Trinajstić information content (AvgIpc) is 3.23. The number of rotatable bonds is 6. The van der Waals surface area contributed by atoms with Gasteiger partial charge in [-0.3, -0.25) is 0 Å². The highest BCUT2D eigenvalue weighted by Crippen LogP contribution is 2.27. The fraction of sp³-hybridized carbons (Fsp3) is 0.148. The van der Waals surface area contributed by atoms with Crippen LogP contribution in [-0.4, -0.2) is 38.0 Å². The first-order valence-corrected chi connectivity index (χ1v) is 10.4. The van der Waals surface area contributed by atoms with E-state index in [0.717, 1.165) is 28.2 Å². The van der Waals surface area contributed by atoms with Crippen LogP contribution in [0.5, 0.6) is 0 Å². The number of anilines is 2. The normalized spacial score (nSPS) is 11.1. The second-order valence-corrected chi connectivity index (χ2v) is 7.96. The molecular formula is C27H28N4. The van der Waals surface area contributed by atoms with Crippen LogP contribution in [0.15, 0.2) is 84.9 Å². The van der Waals surface area contributed by atoms with Gasteiger partial charge in [0.2, 0.25) is 0 Å². The van der Waals surface area contributed by atoms with E-state index in [2.05, 4.69) is 103 Å². The van der Waals surface area contributed by atoms with Gasteiger partial charge in [-0.15, -0.1) is 0 Å². The van der Waals surface area contributed by atoms with Gasteiger partial charge < -0.3 is 9.80 Å². The lowest BCUT2D eigenvalue weighted by molar-refractivity contribution is 0.883. The third-order valence-corrected chi connectivity index (χ3v) is 5.26. The number of aromatic nitrogens is 2. The van der Waals surface area contributed by atoms with Crippen molar-refractivity contribution < 1.29 is 0 Å². The smallest absolute Gasteiger partial charge is 0.0862 e. The Labute approximate surface area is 184 Å². The Bertz CT molecular complexity index is 1150. The van der Waals surface area contributed by atoms with E-state index in [1.54, 1.807) is 0 Å². The zero-order chi connectivity index (χ0) is 21.8. The summed E-state index contributed by atoms with van der Waals surface area (Å²) in [5.41, 5.74) is 7.69. The van der Waals surface area contributed by atoms with Crippen LogP contribution in [0, 0.1) is 0 Å². The van der Waals surface area contributed by atoms with Crippen LogP contribution in [0.25, 0.3) is 29.1 Å². The standard InChI is InChI=1S/C27H28N4/c1-29(2)24-16-11-21(12-17-24)10-15-23-20-27(22-13-18-25(19-14-22)30(3)4)31(28-23)26-8-6-5-7-9-26/h5-20H,1-4H3/b15-10+. The van der Waals surface area contributed by atoms with E-state index < -0.39 is 0 Å². The topological polar surface area (TPSA) is 24.3 Å². The molecule has 0 saturated heterocycles. The molecular weight excluding hydrogens is 380 g/mol. The molecule has 0 N–H and O–H groups in total. The summed E-state index contributed by atoms with van der Waals surface area (Å²) in [4.78, 5) is 4.21. The van der Waals surface area contributed by atoms with Gasteiger partial charge in [0.05, 0.1) is 17.1 Å². The quantitative estimate of drug-likeness (QED) is 0.400. The SMILES string of the molecule is CN(C)c1ccc(/C=C/c2cc(-c3ccc(N(C)C)cc3)n(-c3ccccc3)n2)cc1. The van der Waals surface area contributed by atoms with E-state index in [0.29, 0.717) is 0 Å². The Kier molecular flexibility index (Phi) is 5.89. The highest BCUT2D eigenvalue weighted by molar-refractivity contribution is 5.73. The van der Waals surface area contributed by atoms with Crippen molar-refractivity contribution in [3.8, 4) is 16.9 Å². The van der Waals surface area contributed by atoms with Crippen LogP contribution < -0.4 is 9.80 Å². The maximum Gasteiger partial charge on any atom is 0.0862 e. The Balaban J connectivity index is 1.69. The molecule has 4 nitrogen and oxygen atoms in total. The monoisotopic (exact) mass is 408 g/mol. The molecule has 4 heteroatoms. The average molecular weight is 409 g/mol. The van der Waals surface area contributed by atoms with Crippen molar-refractivity contribution in [2.75, 3.05) is 38.0 Å². The van der Waals surface area contributed by atoms with E-state index in [9.17, 15) is 0 Å². The first kappa shape index (κ1) is 20.5. The van der Waals surface area contributed by atoms with Gasteiger partial charge in [-0.05, 0) is 54.1 Å². The molecule has 3 aromatic carbocycles. The summed E-state index contributed by atoms with van der Waals surface area (Å²) in [7, 11) is 8.20. The predicted molar refractivity (Wildman–Crippen MR) is 133 cm³/mol. The van der Waals surface area contributed by atoms with Crippen LogP contribution in [0.1, 0.15) is 11.3 Å². The maximum absolute atomic E-state index is 4.89. The maximum atomic E-state index is 4.89. The molecule has 1 aromatic heterocycles. The van der Waals surface area contributed by atoms with Crippen molar-refractivity contribution in [3.05, 3.63) is 96.2 Å². The molecule has 4 rings (SSSR count). The molecule has 31 heavy (non-hydrogen) atoms. The van der Waals surface area contributed by atoms with Gasteiger partial charge in [0.25, 0.3) is 0 Å². The molecule has 1 heterocycles. The second-order valence-electron chi connectivity index (χ2n) is 7.96. The van der Waals surface area contributed by atoms with E-state index in [4.69, 9.17) is 5.10 Å². The molecule has 0 aliphatic rings. The molecule has 156 valence electrons. The predicted octanol–water partition coefficient (Wildman–Crippen LogP) is 5.84. The number of nitrogens with zero attached hydrogens (tertiary/aromatic N) is 4. The number of hydrogen-bond donors (Lipinski definition) is 0. The first-order chi connectivity index (χ1) is 15.0. The zero-order valence-corrected chi connectivity index (χ0v) is 18.5. The van der Waals surface area contributed by atoms with Crippen molar-refractivity contribution in [2.24, 2.45) is 0 Å². The lowest BCUT2D eigenvalue weighted by atomic mass is 10.1. The van der Waals surface area contributed by atoms with E-state index in [1.807, 2.05) is 37.0 Å². The number of hydrogen-bond acceptors (Lipinski definition) is 3. The van der Waals surface area contributed by atoms with Gasteiger partial charge in [0, 0.05) is 45.1 Å². The van der Waals surface area contributed by atoms with Crippen molar-refractivity contribution in [3.63, 3.8) is 0 Å². The van der Waals surface area contributed by atoms with Gasteiger partial charge in [0.1, 0.15) is 0 Å². The third-order valence-electron chi connectivity index (χ3n) is 5.26. The summed E-state index contributed by atoms with van der Waals surface area (Å²) in [5, 5.41) is 4.89. The number of benzene rings is 3. The van der Waals surface area contributed by atoms with Crippen LogP contribution >= 0.6 is 0 Å². The summed E-state index contributed by atoms with van der Waals surface area (Å²) in [6.45, 7) is 0. The summed E-state index contributed by atoms with van der Waals surface area (Å²) in [6.07, 6.45) is 4.18. The van der Waals surface area contributed by atoms with Crippen molar-refractivity contribution in [2.45, 2.75) is 0 Å².